The van der Waals surface area contributed by atoms with Crippen LogP contribution in [0.1, 0.15) is 79.8 Å². The van der Waals surface area contributed by atoms with Gasteiger partial charge in [0.05, 0.1) is 24.2 Å². The Kier molecular flexibility index (Phi) is 6.07. The van der Waals surface area contributed by atoms with Gasteiger partial charge in [-0.2, -0.15) is 0 Å². The lowest BCUT2D eigenvalue weighted by molar-refractivity contribution is 0.0938. The number of benzene rings is 3. The van der Waals surface area contributed by atoms with E-state index in [1.165, 1.54) is 60.7 Å². The maximum absolute atomic E-state index is 13.8. The van der Waals surface area contributed by atoms with Crippen molar-refractivity contribution in [3.8, 4) is 22.5 Å². The van der Waals surface area contributed by atoms with Gasteiger partial charge in [0.15, 0.2) is 11.6 Å². The van der Waals surface area contributed by atoms with Gasteiger partial charge in [0.1, 0.15) is 17.2 Å². The van der Waals surface area contributed by atoms with E-state index in [0.717, 1.165) is 10.6 Å². The monoisotopic (exact) mass is 604 g/mol. The number of furan rings is 1. The van der Waals surface area contributed by atoms with Gasteiger partial charge in [0.2, 0.25) is 10.0 Å². The average molecular weight is 605 g/mol. The first kappa shape index (κ1) is 20.9. The zero-order chi connectivity index (χ0) is 38.3. The number of halogens is 2. The fraction of sp³-hybridized carbons (Fsp3) is 0.333. The molecule has 222 valence electrons. The number of ketones is 2. The standard InChI is InChI=1S/C33H35F2NO5S/c1-6-28(37)31-26-18-25(22-9-7-10-23(17-22)29(38)20-33(2,3)4)27(36(16-8-15-34)42(5,39)40)19-30(26)41-32(31)21-11-13-24(35)14-12-21/h7,9-14,17-19H,6,8,15-16,20H2,1-5H3/i2D3,3D3,4D3. The van der Waals surface area contributed by atoms with Crippen LogP contribution >= 0.6 is 0 Å². The Morgan fingerprint density at radius 2 is 1.71 bits per heavy atom. The van der Waals surface area contributed by atoms with Crippen LogP contribution in [-0.2, 0) is 10.0 Å². The van der Waals surface area contributed by atoms with E-state index >= 15 is 0 Å². The summed E-state index contributed by atoms with van der Waals surface area (Å²) in [4.78, 5) is 27.1. The summed E-state index contributed by atoms with van der Waals surface area (Å²) < 4.78 is 132. The Balaban J connectivity index is 2.03. The van der Waals surface area contributed by atoms with Gasteiger partial charge in [-0.3, -0.25) is 18.3 Å². The molecule has 4 rings (SSSR count). The molecule has 1 heterocycles. The van der Waals surface area contributed by atoms with Gasteiger partial charge in [-0.25, -0.2) is 12.8 Å². The Bertz CT molecular complexity index is 2020. The Hall–Kier alpha value is -3.85. The zero-order valence-electron chi connectivity index (χ0n) is 32.0. The molecule has 0 aliphatic heterocycles. The highest BCUT2D eigenvalue weighted by atomic mass is 32.2. The molecular weight excluding hydrogens is 560 g/mol. The van der Waals surface area contributed by atoms with Crippen LogP contribution in [0, 0.1) is 11.2 Å². The minimum Gasteiger partial charge on any atom is -0.455 e. The molecule has 0 saturated carbocycles. The molecule has 0 radical (unpaired) electrons. The van der Waals surface area contributed by atoms with Gasteiger partial charge in [-0.15, -0.1) is 0 Å². The number of nitrogens with zero attached hydrogens (tertiary/aromatic N) is 1. The van der Waals surface area contributed by atoms with E-state index in [9.17, 15) is 26.8 Å². The van der Waals surface area contributed by atoms with Crippen molar-refractivity contribution in [3.05, 3.63) is 77.6 Å². The van der Waals surface area contributed by atoms with E-state index in [-0.39, 0.29) is 69.8 Å². The molecule has 0 spiro atoms. The minimum absolute atomic E-state index is 0.0219. The summed E-state index contributed by atoms with van der Waals surface area (Å²) in [6, 6.07) is 13.2. The molecule has 0 N–H and O–H groups in total. The highest BCUT2D eigenvalue weighted by Gasteiger charge is 2.27. The molecule has 0 aliphatic rings. The normalized spacial score (nSPS) is 16.1. The van der Waals surface area contributed by atoms with Crippen LogP contribution in [0.2, 0.25) is 0 Å². The summed E-state index contributed by atoms with van der Waals surface area (Å²) in [7, 11) is -4.11. The van der Waals surface area contributed by atoms with Crippen LogP contribution in [0.5, 0.6) is 0 Å². The predicted octanol–water partition coefficient (Wildman–Crippen LogP) is 8.24. The molecule has 1 aromatic heterocycles. The Morgan fingerprint density at radius 1 is 1.00 bits per heavy atom. The lowest BCUT2D eigenvalue weighted by Crippen LogP contribution is -2.31. The van der Waals surface area contributed by atoms with Crippen molar-refractivity contribution in [2.24, 2.45) is 5.41 Å². The molecular formula is C33H35F2NO5S. The molecule has 0 saturated heterocycles. The highest BCUT2D eigenvalue weighted by molar-refractivity contribution is 7.92. The van der Waals surface area contributed by atoms with Crippen LogP contribution in [0.25, 0.3) is 33.4 Å². The molecule has 42 heavy (non-hydrogen) atoms. The largest absolute Gasteiger partial charge is 0.455 e. The molecule has 0 aliphatic carbocycles. The van der Waals surface area contributed by atoms with Crippen LogP contribution < -0.4 is 4.31 Å². The van der Waals surface area contributed by atoms with Gasteiger partial charge < -0.3 is 4.42 Å². The fourth-order valence-electron chi connectivity index (χ4n) is 4.70. The molecule has 0 fully saturated rings. The Morgan fingerprint density at radius 3 is 2.33 bits per heavy atom. The minimum atomic E-state index is -4.11. The summed E-state index contributed by atoms with van der Waals surface area (Å²) in [5, 5.41) is 0.224. The number of alkyl halides is 1. The summed E-state index contributed by atoms with van der Waals surface area (Å²) in [6.45, 7) is -10.4. The number of Topliss-reactive ketones (excluding diaryl/α,β-unsaturated/α-hetero) is 2. The lowest BCUT2D eigenvalue weighted by Gasteiger charge is -2.25. The van der Waals surface area contributed by atoms with E-state index in [1.807, 2.05) is 0 Å². The molecule has 0 amide bonds. The highest BCUT2D eigenvalue weighted by Crippen LogP contribution is 2.42. The maximum Gasteiger partial charge on any atom is 0.232 e. The van der Waals surface area contributed by atoms with Crippen LogP contribution in [-0.4, -0.2) is 39.5 Å². The van der Waals surface area contributed by atoms with Crippen molar-refractivity contribution in [1.82, 2.24) is 0 Å². The van der Waals surface area contributed by atoms with Crippen molar-refractivity contribution in [2.75, 3.05) is 23.8 Å². The number of rotatable bonds is 11. The van der Waals surface area contributed by atoms with Crippen LogP contribution in [0.15, 0.2) is 65.1 Å². The smallest absolute Gasteiger partial charge is 0.232 e. The number of hydrogen-bond donors (Lipinski definition) is 0. The van der Waals surface area contributed by atoms with Crippen LogP contribution in [0.4, 0.5) is 14.5 Å². The number of carbonyl (C=O) groups excluding carboxylic acids is 2. The number of sulfonamides is 1. The van der Waals surface area contributed by atoms with Crippen molar-refractivity contribution >= 4 is 38.2 Å². The second-order valence-electron chi connectivity index (χ2n) is 9.92. The van der Waals surface area contributed by atoms with E-state index in [1.54, 1.807) is 6.92 Å². The predicted molar refractivity (Wildman–Crippen MR) is 163 cm³/mol. The summed E-state index contributed by atoms with van der Waals surface area (Å²) in [5.74, 6) is -1.95. The molecule has 0 bridgehead atoms. The van der Waals surface area contributed by atoms with Gasteiger partial charge >= 0.3 is 0 Å². The third-order valence-electron chi connectivity index (χ3n) is 6.60. The number of hydrogen-bond acceptors (Lipinski definition) is 5. The first-order chi connectivity index (χ1) is 23.5. The first-order valence-corrected chi connectivity index (χ1v) is 14.9. The molecule has 6 nitrogen and oxygen atoms in total. The second kappa shape index (κ2) is 12.2. The molecule has 4 aromatic rings. The van der Waals surface area contributed by atoms with Gasteiger partial charge in [0.25, 0.3) is 0 Å². The maximum atomic E-state index is 13.8. The van der Waals surface area contributed by atoms with Crippen molar-refractivity contribution in [3.63, 3.8) is 0 Å². The average Bonchev–Trinajstić information content (AvgIpc) is 3.39. The number of anilines is 1. The van der Waals surface area contributed by atoms with Gasteiger partial charge in [0, 0.05) is 59.9 Å². The number of fused-ring (bicyclic) bond motifs is 1. The Labute approximate surface area is 258 Å². The summed E-state index contributed by atoms with van der Waals surface area (Å²) >= 11 is 0. The van der Waals surface area contributed by atoms with Gasteiger partial charge in [-0.1, -0.05) is 45.7 Å². The van der Waals surface area contributed by atoms with Crippen LogP contribution in [0.3, 0.4) is 0 Å². The van der Waals surface area contributed by atoms with E-state index in [2.05, 4.69) is 0 Å². The zero-order valence-corrected chi connectivity index (χ0v) is 23.8. The van der Waals surface area contributed by atoms with Crippen molar-refractivity contribution in [1.29, 1.82) is 0 Å². The van der Waals surface area contributed by atoms with E-state index in [4.69, 9.17) is 16.8 Å². The summed E-state index contributed by atoms with van der Waals surface area (Å²) in [5.41, 5.74) is -3.00. The quantitative estimate of drug-likeness (QED) is 0.161. The topological polar surface area (TPSA) is 84.7 Å². The van der Waals surface area contributed by atoms with Gasteiger partial charge in [-0.05, 0) is 53.8 Å². The lowest BCUT2D eigenvalue weighted by atomic mass is 9.87. The third kappa shape index (κ3) is 6.78. The SMILES string of the molecule is [2H]C([2H])([2H])C(CC(=O)c1cccc(-c2cc3c(C(=O)CC)c(-c4ccc(F)cc4)oc3cc2N(CCCF)S(C)(=O)=O)c1)(C([2H])([2H])[2H])C([2H])([2H])[2H]. The second-order valence-corrected chi connectivity index (χ2v) is 11.8. The number of carbonyl (C=O) groups is 2. The third-order valence-corrected chi connectivity index (χ3v) is 7.78. The van der Waals surface area contributed by atoms with Crippen molar-refractivity contribution < 1.29 is 43.5 Å². The fourth-order valence-corrected chi connectivity index (χ4v) is 5.67. The molecule has 0 unspecified atom stereocenters. The molecule has 9 heteroatoms. The molecule has 3 aromatic carbocycles. The van der Waals surface area contributed by atoms with E-state index < -0.39 is 60.7 Å². The first-order valence-electron chi connectivity index (χ1n) is 17.6. The van der Waals surface area contributed by atoms with E-state index in [0.29, 0.717) is 5.56 Å². The summed E-state index contributed by atoms with van der Waals surface area (Å²) in [6.07, 6.45) is -0.692. The van der Waals surface area contributed by atoms with Crippen molar-refractivity contribution in [2.45, 2.75) is 46.7 Å². The molecule has 0 atom stereocenters.